The van der Waals surface area contributed by atoms with Crippen LogP contribution in [0.1, 0.15) is 62.2 Å². The maximum Gasteiger partial charge on any atom is 0.483 e. The molecule has 0 amide bonds. The molecule has 0 saturated carbocycles. The molecule has 0 atom stereocenters. The number of aromatic nitrogens is 1. The Kier molecular flexibility index (Phi) is 8.20. The minimum atomic E-state index is -0.282. The van der Waals surface area contributed by atoms with Crippen LogP contribution in [0.2, 0.25) is 6.82 Å². The summed E-state index contributed by atoms with van der Waals surface area (Å²) in [5.41, 5.74) is 11.8. The van der Waals surface area contributed by atoms with Crippen molar-refractivity contribution in [1.82, 2.24) is 4.48 Å². The molecule has 1 aliphatic rings. The Bertz CT molecular complexity index is 1430. The lowest BCUT2D eigenvalue weighted by molar-refractivity contribution is 0.392. The molecule has 2 aromatic carbocycles. The number of rotatable bonds is 9. The monoisotopic (exact) mass is 510 g/mol. The number of aliphatic imine (C=N–C) groups is 1. The molecule has 6 heteroatoms. The lowest BCUT2D eigenvalue weighted by Gasteiger charge is -2.22. The third kappa shape index (κ3) is 4.80. The fourth-order valence-corrected chi connectivity index (χ4v) is 5.79. The molecule has 0 fully saturated rings. The molecule has 0 bridgehead atoms. The van der Waals surface area contributed by atoms with E-state index in [1.54, 1.807) is 14.2 Å². The molecule has 0 unspecified atom stereocenters. The molecule has 3 aromatic rings. The Balaban J connectivity index is 2.01. The van der Waals surface area contributed by atoms with Gasteiger partial charge in [0.25, 0.3) is 0 Å². The van der Waals surface area contributed by atoms with Gasteiger partial charge in [0.2, 0.25) is 0 Å². The number of methoxy groups -OCH3 is 2. The molecule has 1 aliphatic heterocycles. The zero-order chi connectivity index (χ0) is 27.6. The summed E-state index contributed by atoms with van der Waals surface area (Å²) in [6, 6.07) is 16.1. The van der Waals surface area contributed by atoms with E-state index in [-0.39, 0.29) is 7.05 Å². The van der Waals surface area contributed by atoms with Gasteiger partial charge in [-0.2, -0.15) is 0 Å². The third-order valence-corrected chi connectivity index (χ3v) is 7.66. The topological polar surface area (TPSA) is 45.0 Å². The summed E-state index contributed by atoms with van der Waals surface area (Å²) in [5.74, 6) is 2.26. The van der Waals surface area contributed by atoms with Gasteiger partial charge in [0.1, 0.15) is 11.5 Å². The van der Waals surface area contributed by atoms with E-state index in [1.165, 1.54) is 28.0 Å². The predicted octanol–water partition coefficient (Wildman–Crippen LogP) is 7.69. The first-order valence-electron chi connectivity index (χ1n) is 13.4. The van der Waals surface area contributed by atoms with Crippen molar-refractivity contribution < 1.29 is 14.1 Å². The van der Waals surface area contributed by atoms with Crippen LogP contribution >= 0.6 is 0 Å². The van der Waals surface area contributed by atoms with E-state index in [1.807, 2.05) is 36.4 Å². The van der Waals surface area contributed by atoms with Crippen LogP contribution in [-0.2, 0) is 6.42 Å². The lowest BCUT2D eigenvalue weighted by atomic mass is 9.83. The smallest absolute Gasteiger partial charge is 0.483 e. The van der Waals surface area contributed by atoms with Gasteiger partial charge >= 0.3 is 7.05 Å². The van der Waals surface area contributed by atoms with Gasteiger partial charge in [-0.05, 0) is 99.5 Å². The molecule has 4 rings (SSSR count). The Labute approximate surface area is 228 Å². The summed E-state index contributed by atoms with van der Waals surface area (Å²) < 4.78 is 20.0. The standard InChI is InChI=1S/C32H39BN2O3/c1-10-26-20(3)31(34-22(26)5)30(24-16-18-25(36-8)19-17-24)32-21(4)27(11-2)23(6)35(32)33(7)38-29-15-13-12-14-28(29)37-9/h12-19H,10-11H2,1-9H3/b31-30-. The second kappa shape index (κ2) is 11.4. The zero-order valence-electron chi connectivity index (χ0n) is 24.2. The highest BCUT2D eigenvalue weighted by atomic mass is 16.5. The van der Waals surface area contributed by atoms with Crippen LogP contribution < -0.4 is 14.1 Å². The van der Waals surface area contributed by atoms with Crippen molar-refractivity contribution in [3.63, 3.8) is 0 Å². The van der Waals surface area contributed by atoms with E-state index < -0.39 is 0 Å². The summed E-state index contributed by atoms with van der Waals surface area (Å²) in [6.45, 7) is 15.2. The van der Waals surface area contributed by atoms with Crippen LogP contribution in [-0.4, -0.2) is 31.5 Å². The van der Waals surface area contributed by atoms with Gasteiger partial charge in [-0.3, -0.25) is 4.99 Å². The van der Waals surface area contributed by atoms with Crippen molar-refractivity contribution in [2.45, 2.75) is 61.2 Å². The molecule has 2 heterocycles. The predicted molar refractivity (Wildman–Crippen MR) is 159 cm³/mol. The molecular weight excluding hydrogens is 471 g/mol. The zero-order valence-corrected chi connectivity index (χ0v) is 24.2. The van der Waals surface area contributed by atoms with Gasteiger partial charge in [-0.15, -0.1) is 0 Å². The van der Waals surface area contributed by atoms with Crippen LogP contribution in [0.5, 0.6) is 17.2 Å². The largest absolute Gasteiger partial charge is 0.539 e. The fraction of sp³-hybridized carbons (Fsp3) is 0.344. The molecule has 5 nitrogen and oxygen atoms in total. The molecular formula is C32H39BN2O3. The van der Waals surface area contributed by atoms with E-state index in [0.29, 0.717) is 5.75 Å². The Hall–Kier alpha value is -3.67. The van der Waals surface area contributed by atoms with Crippen molar-refractivity contribution in [3.8, 4) is 17.2 Å². The second-order valence-electron chi connectivity index (χ2n) is 9.74. The SMILES string of the molecule is CCC1=C(C)/C(=C(\c2ccc(OC)cc2)c2c(C)c(CC)c(C)n2B(C)Oc2ccccc2OC)N=C1C. The summed E-state index contributed by atoms with van der Waals surface area (Å²) in [4.78, 5) is 5.15. The van der Waals surface area contributed by atoms with Gasteiger partial charge in [0.15, 0.2) is 5.75 Å². The molecule has 1 aromatic heterocycles. The van der Waals surface area contributed by atoms with E-state index in [0.717, 1.165) is 52.6 Å². The molecule has 0 saturated heterocycles. The van der Waals surface area contributed by atoms with Crippen LogP contribution in [0, 0.1) is 13.8 Å². The number of hydrogen-bond donors (Lipinski definition) is 0. The molecule has 0 aliphatic carbocycles. The van der Waals surface area contributed by atoms with E-state index in [4.69, 9.17) is 19.1 Å². The number of benzene rings is 2. The number of allylic oxidation sites excluding steroid dienone is 2. The molecule has 38 heavy (non-hydrogen) atoms. The maximum atomic E-state index is 6.58. The molecule has 0 spiro atoms. The van der Waals surface area contributed by atoms with Gasteiger partial charge in [0, 0.05) is 22.7 Å². The number of hydrogen-bond acceptors (Lipinski definition) is 4. The average molecular weight is 510 g/mol. The lowest BCUT2D eigenvalue weighted by Crippen LogP contribution is -2.31. The quantitative estimate of drug-likeness (QED) is 0.277. The fourth-order valence-electron chi connectivity index (χ4n) is 5.79. The van der Waals surface area contributed by atoms with Crippen molar-refractivity contribution >= 4 is 18.3 Å². The maximum absolute atomic E-state index is 6.58. The number of nitrogens with zero attached hydrogens (tertiary/aromatic N) is 2. The van der Waals surface area contributed by atoms with Gasteiger partial charge in [-0.25, -0.2) is 0 Å². The highest BCUT2D eigenvalue weighted by Crippen LogP contribution is 2.41. The average Bonchev–Trinajstić information content (AvgIpc) is 3.35. The van der Waals surface area contributed by atoms with Crippen LogP contribution in [0.3, 0.4) is 0 Å². The molecule has 198 valence electrons. The van der Waals surface area contributed by atoms with Gasteiger partial charge in [0.05, 0.1) is 19.9 Å². The van der Waals surface area contributed by atoms with Crippen LogP contribution in [0.15, 0.2) is 70.4 Å². The first kappa shape index (κ1) is 27.4. The summed E-state index contributed by atoms with van der Waals surface area (Å²) in [7, 11) is 3.09. The first-order valence-corrected chi connectivity index (χ1v) is 13.4. The van der Waals surface area contributed by atoms with E-state index >= 15 is 0 Å². The normalized spacial score (nSPS) is 14.5. The van der Waals surface area contributed by atoms with Crippen LogP contribution in [0.25, 0.3) is 5.57 Å². The minimum Gasteiger partial charge on any atom is -0.539 e. The van der Waals surface area contributed by atoms with Gasteiger partial charge < -0.3 is 18.6 Å². The highest BCUT2D eigenvalue weighted by molar-refractivity contribution is 6.50. The number of para-hydroxylation sites is 2. The van der Waals surface area contributed by atoms with E-state index in [2.05, 4.69) is 65.0 Å². The van der Waals surface area contributed by atoms with Crippen molar-refractivity contribution in [2.24, 2.45) is 4.99 Å². The van der Waals surface area contributed by atoms with Crippen molar-refractivity contribution in [3.05, 3.63) is 93.5 Å². The van der Waals surface area contributed by atoms with E-state index in [9.17, 15) is 0 Å². The molecule has 0 radical (unpaired) electrons. The number of ether oxygens (including phenoxy) is 2. The summed E-state index contributed by atoms with van der Waals surface area (Å²) in [5, 5.41) is 0. The van der Waals surface area contributed by atoms with Crippen LogP contribution in [0.4, 0.5) is 0 Å². The Morgan fingerprint density at radius 1 is 0.868 bits per heavy atom. The first-order chi connectivity index (χ1) is 18.3. The summed E-state index contributed by atoms with van der Waals surface area (Å²) in [6.07, 6.45) is 1.88. The van der Waals surface area contributed by atoms with Crippen molar-refractivity contribution in [1.29, 1.82) is 0 Å². The third-order valence-electron chi connectivity index (χ3n) is 7.66. The Morgan fingerprint density at radius 2 is 1.53 bits per heavy atom. The van der Waals surface area contributed by atoms with Crippen molar-refractivity contribution in [2.75, 3.05) is 14.2 Å². The highest BCUT2D eigenvalue weighted by Gasteiger charge is 2.31. The minimum absolute atomic E-state index is 0.282. The van der Waals surface area contributed by atoms with Gasteiger partial charge in [-0.1, -0.05) is 38.1 Å². The Morgan fingerprint density at radius 3 is 2.08 bits per heavy atom. The second-order valence-corrected chi connectivity index (χ2v) is 9.74. The molecule has 0 N–H and O–H groups in total. The summed E-state index contributed by atoms with van der Waals surface area (Å²) >= 11 is 0.